The molecule has 2 heterocycles. The third-order valence-electron chi connectivity index (χ3n) is 8.51. The first-order valence-electron chi connectivity index (χ1n) is 15.2. The molecule has 0 aliphatic heterocycles. The summed E-state index contributed by atoms with van der Waals surface area (Å²) < 4.78 is 66.7. The lowest BCUT2D eigenvalue weighted by Gasteiger charge is -2.27. The van der Waals surface area contributed by atoms with Crippen molar-refractivity contribution < 1.29 is 24.9 Å². The van der Waals surface area contributed by atoms with Crippen LogP contribution in [0.25, 0.3) is 65.9 Å². The minimum Gasteiger partial charge on any atom is -0.454 e. The molecule has 5 aromatic carbocycles. The molecule has 0 aliphatic carbocycles. The fraction of sp³-hybridized carbons (Fsp3) is 0.184. The smallest absolute Gasteiger partial charge is 0.394 e. The second-order valence-electron chi connectivity index (χ2n) is 11.8. The van der Waals surface area contributed by atoms with Crippen LogP contribution in [0.2, 0.25) is 0 Å². The summed E-state index contributed by atoms with van der Waals surface area (Å²) >= 11 is 0. The Balaban J connectivity index is 1.40. The summed E-state index contributed by atoms with van der Waals surface area (Å²) in [5, 5.41) is 6.59. The van der Waals surface area contributed by atoms with Crippen LogP contribution in [-0.4, -0.2) is 6.18 Å². The summed E-state index contributed by atoms with van der Waals surface area (Å²) in [4.78, 5) is 0. The van der Waals surface area contributed by atoms with E-state index in [1.165, 1.54) is 17.5 Å². The molecule has 0 saturated heterocycles. The van der Waals surface area contributed by atoms with Crippen LogP contribution >= 0.6 is 0 Å². The van der Waals surface area contributed by atoms with Crippen molar-refractivity contribution in [1.82, 2.24) is 0 Å². The molecule has 0 N–H and O–H groups in total. The average Bonchev–Trinajstić information content (AvgIpc) is 3.41. The first kappa shape index (κ1) is 24.9. The number of aryl methyl sites for hydroxylation is 2. The van der Waals surface area contributed by atoms with Gasteiger partial charge in [0.1, 0.15) is 18.2 Å². The van der Waals surface area contributed by atoms with Gasteiger partial charge in [-0.15, -0.1) is 0 Å². The number of nitrogens with zero attached hydrogens (tertiary/aromatic N) is 1. The molecule has 7 rings (SSSR count). The van der Waals surface area contributed by atoms with Gasteiger partial charge in [-0.2, -0.15) is 13.2 Å². The number of fused-ring (bicyclic) bond motifs is 8. The van der Waals surface area contributed by atoms with Gasteiger partial charge >= 0.3 is 6.18 Å². The number of aromatic nitrogens is 1. The predicted molar refractivity (Wildman–Crippen MR) is 169 cm³/mol. The van der Waals surface area contributed by atoms with E-state index >= 15 is 0 Å². The molecule has 5 heteroatoms. The zero-order chi connectivity index (χ0) is 31.9. The lowest BCUT2D eigenvalue weighted by Crippen LogP contribution is -2.34. The molecule has 0 atom stereocenters. The van der Waals surface area contributed by atoms with Crippen molar-refractivity contribution in [3.63, 3.8) is 0 Å². The van der Waals surface area contributed by atoms with Crippen molar-refractivity contribution in [1.29, 1.82) is 0 Å². The monoisotopic (exact) mass is 576 g/mol. The second-order valence-corrected chi connectivity index (χ2v) is 11.8. The van der Waals surface area contributed by atoms with Crippen LogP contribution in [0.3, 0.4) is 0 Å². The Bertz CT molecular complexity index is 2280. The Labute approximate surface area is 250 Å². The van der Waals surface area contributed by atoms with E-state index in [1.54, 1.807) is 12.1 Å². The summed E-state index contributed by atoms with van der Waals surface area (Å²) in [5.41, 5.74) is 3.60. The Morgan fingerprint density at radius 3 is 2.02 bits per heavy atom. The number of halogens is 3. The summed E-state index contributed by atoms with van der Waals surface area (Å²) in [6.45, 7) is 3.86. The van der Waals surface area contributed by atoms with Crippen LogP contribution < -0.4 is 4.57 Å². The highest BCUT2D eigenvalue weighted by Gasteiger charge is 2.46. The van der Waals surface area contributed by atoms with Gasteiger partial charge in [-0.25, -0.2) is 4.57 Å². The molecule has 2 aromatic heterocycles. The van der Waals surface area contributed by atoms with Crippen LogP contribution in [0.15, 0.2) is 108 Å². The minimum absolute atomic E-state index is 0.0161. The molecule has 214 valence electrons. The molecule has 0 aliphatic rings. The van der Waals surface area contributed by atoms with Gasteiger partial charge in [0.2, 0.25) is 5.69 Å². The highest BCUT2D eigenvalue weighted by Crippen LogP contribution is 2.44. The third-order valence-corrected chi connectivity index (χ3v) is 8.51. The van der Waals surface area contributed by atoms with E-state index in [-0.39, 0.29) is 5.56 Å². The van der Waals surface area contributed by atoms with Crippen molar-refractivity contribution in [2.45, 2.75) is 33.3 Å². The van der Waals surface area contributed by atoms with Crippen LogP contribution in [0.5, 0.6) is 0 Å². The number of benzene rings is 5. The van der Waals surface area contributed by atoms with E-state index in [0.29, 0.717) is 0 Å². The van der Waals surface area contributed by atoms with Crippen molar-refractivity contribution in [3.8, 4) is 22.4 Å². The molecule has 0 spiro atoms. The van der Waals surface area contributed by atoms with Crippen molar-refractivity contribution in [3.05, 3.63) is 114 Å². The van der Waals surface area contributed by atoms with E-state index in [1.807, 2.05) is 36.0 Å². The predicted octanol–water partition coefficient (Wildman–Crippen LogP) is 10.5. The molecule has 0 fully saturated rings. The Morgan fingerprint density at radius 2 is 1.35 bits per heavy atom. The number of rotatable bonds is 4. The Hall–Kier alpha value is -4.64. The summed E-state index contributed by atoms with van der Waals surface area (Å²) in [6.07, 6.45) is -5.36. The van der Waals surface area contributed by atoms with E-state index in [9.17, 15) is 13.2 Å². The van der Waals surface area contributed by atoms with Gasteiger partial charge in [0.25, 0.3) is 0 Å². The average molecular weight is 577 g/mol. The maximum atomic E-state index is 13.7. The Morgan fingerprint density at radius 1 is 0.721 bits per heavy atom. The SMILES string of the molecule is [2H]C([2H])(c1ccc(-c2cc[n+](C)c(-c3c(C)ccc4c3oc3c5ccccc5c5ccccc5c43)c2)cc1)C(C)(C)C(F)(F)F. The molecule has 43 heavy (non-hydrogen) atoms. The van der Waals surface area contributed by atoms with Crippen LogP contribution in [0.1, 0.15) is 27.7 Å². The van der Waals surface area contributed by atoms with E-state index in [2.05, 4.69) is 61.5 Å². The lowest BCUT2D eigenvalue weighted by atomic mass is 9.84. The molecule has 0 radical (unpaired) electrons. The Kier molecular flexibility index (Phi) is 5.62. The first-order chi connectivity index (χ1) is 21.3. The van der Waals surface area contributed by atoms with Gasteiger partial charge in [0.15, 0.2) is 6.20 Å². The van der Waals surface area contributed by atoms with Gasteiger partial charge in [0, 0.05) is 31.0 Å². The van der Waals surface area contributed by atoms with Gasteiger partial charge in [0.05, 0.1) is 11.0 Å². The highest BCUT2D eigenvalue weighted by molar-refractivity contribution is 6.31. The highest BCUT2D eigenvalue weighted by atomic mass is 19.4. The normalized spacial score (nSPS) is 13.7. The van der Waals surface area contributed by atoms with Crippen molar-refractivity contribution in [2.75, 3.05) is 0 Å². The third kappa shape index (κ3) is 4.37. The standard InChI is InChI=1S/C38H31F3NO/c1-23-13-18-31-34-29-11-7-5-9-27(29)28-10-6-8-12-30(28)35(34)43-36(31)33(23)32-21-26(19-20-42(32)4)25-16-14-24(15-17-25)22-37(2,3)38(39,40)41/h5-21H,22H2,1-4H3/q+1/i22D2. The number of furan rings is 1. The van der Waals surface area contributed by atoms with Crippen LogP contribution in [0.4, 0.5) is 13.2 Å². The molecular weight excluding hydrogens is 543 g/mol. The molecule has 0 saturated carbocycles. The van der Waals surface area contributed by atoms with Crippen LogP contribution in [0, 0.1) is 12.3 Å². The van der Waals surface area contributed by atoms with Gasteiger partial charge in [-0.3, -0.25) is 0 Å². The quantitative estimate of drug-likeness (QED) is 0.150. The molecule has 0 amide bonds. The van der Waals surface area contributed by atoms with Gasteiger partial charge in [-0.05, 0) is 51.7 Å². The minimum atomic E-state index is -4.70. The van der Waals surface area contributed by atoms with Crippen LogP contribution in [-0.2, 0) is 13.4 Å². The molecule has 7 aromatic rings. The maximum absolute atomic E-state index is 13.7. The zero-order valence-corrected chi connectivity index (χ0v) is 24.3. The summed E-state index contributed by atoms with van der Waals surface area (Å²) in [5.74, 6) is 0. The topological polar surface area (TPSA) is 17.0 Å². The van der Waals surface area contributed by atoms with E-state index in [4.69, 9.17) is 7.16 Å². The summed E-state index contributed by atoms with van der Waals surface area (Å²) in [6, 6.07) is 31.2. The van der Waals surface area contributed by atoms with Gasteiger partial charge in [-0.1, -0.05) is 98.8 Å². The largest absolute Gasteiger partial charge is 0.454 e. The summed E-state index contributed by atoms with van der Waals surface area (Å²) in [7, 11) is 1.97. The maximum Gasteiger partial charge on any atom is 0.394 e. The molecule has 2 nitrogen and oxygen atoms in total. The van der Waals surface area contributed by atoms with E-state index in [0.717, 1.165) is 79.9 Å². The zero-order valence-electron chi connectivity index (χ0n) is 26.3. The fourth-order valence-electron chi connectivity index (χ4n) is 6.06. The fourth-order valence-corrected chi connectivity index (χ4v) is 6.06. The van der Waals surface area contributed by atoms with Gasteiger partial charge < -0.3 is 4.42 Å². The van der Waals surface area contributed by atoms with E-state index < -0.39 is 18.0 Å². The van der Waals surface area contributed by atoms with Crippen molar-refractivity contribution >= 4 is 43.5 Å². The lowest BCUT2D eigenvalue weighted by molar-refractivity contribution is -0.660. The van der Waals surface area contributed by atoms with Crippen molar-refractivity contribution in [2.24, 2.45) is 12.5 Å². The first-order valence-corrected chi connectivity index (χ1v) is 14.2. The molecule has 0 bridgehead atoms. The number of hydrogen-bond acceptors (Lipinski definition) is 1. The molecular formula is C38H31F3NO+. The number of pyridine rings is 1. The second kappa shape index (κ2) is 9.70. The number of hydrogen-bond donors (Lipinski definition) is 0. The number of alkyl halides is 3. The molecule has 0 unspecified atom stereocenters.